The molecule has 0 spiro atoms. The highest BCUT2D eigenvalue weighted by molar-refractivity contribution is 7.13. The molecule has 3 aromatic heterocycles. The standard InChI is InChI=1S/C25H18N2O4S/c26-22-17(20-13-16-9-4-5-10-19(16)30-20)14-18(21-11-6-12-32-21)27-24(22)31-23(25(28)29)15-7-2-1-3-8-15/h1-14,23H,26H2,(H,28,29). The van der Waals surface area contributed by atoms with Crippen LogP contribution in [0.3, 0.4) is 0 Å². The van der Waals surface area contributed by atoms with Crippen molar-refractivity contribution in [2.24, 2.45) is 0 Å². The number of thiophene rings is 1. The lowest BCUT2D eigenvalue weighted by molar-refractivity contribution is -0.145. The summed E-state index contributed by atoms with van der Waals surface area (Å²) in [6.45, 7) is 0. The third-order valence-electron chi connectivity index (χ3n) is 5.04. The first-order valence-corrected chi connectivity index (χ1v) is 10.8. The number of pyridine rings is 1. The molecule has 1 atom stereocenters. The number of hydrogen-bond acceptors (Lipinski definition) is 6. The number of anilines is 1. The maximum Gasteiger partial charge on any atom is 0.349 e. The molecule has 0 amide bonds. The van der Waals surface area contributed by atoms with Gasteiger partial charge in [-0.2, -0.15) is 0 Å². The number of nitrogens with two attached hydrogens (primary N) is 1. The zero-order chi connectivity index (χ0) is 22.1. The predicted octanol–water partition coefficient (Wildman–Crippen LogP) is 6.01. The Bertz CT molecular complexity index is 1360. The Kier molecular flexibility index (Phi) is 5.09. The maximum atomic E-state index is 12.0. The molecule has 6 nitrogen and oxygen atoms in total. The summed E-state index contributed by atoms with van der Waals surface area (Å²) in [4.78, 5) is 17.5. The highest BCUT2D eigenvalue weighted by atomic mass is 32.1. The van der Waals surface area contributed by atoms with Crippen molar-refractivity contribution in [3.05, 3.63) is 89.8 Å². The van der Waals surface area contributed by atoms with Gasteiger partial charge < -0.3 is 20.0 Å². The Labute approximate surface area is 187 Å². The van der Waals surface area contributed by atoms with E-state index in [-0.39, 0.29) is 11.6 Å². The molecule has 0 saturated carbocycles. The molecule has 0 aliphatic rings. The summed E-state index contributed by atoms with van der Waals surface area (Å²) < 4.78 is 11.9. The van der Waals surface area contributed by atoms with E-state index < -0.39 is 12.1 Å². The lowest BCUT2D eigenvalue weighted by Crippen LogP contribution is -2.19. The van der Waals surface area contributed by atoms with Crippen molar-refractivity contribution in [3.8, 4) is 27.8 Å². The number of aromatic nitrogens is 1. The van der Waals surface area contributed by atoms with Crippen LogP contribution in [0.15, 0.2) is 88.7 Å². The molecule has 5 rings (SSSR count). The number of rotatable bonds is 6. The van der Waals surface area contributed by atoms with E-state index in [1.165, 1.54) is 11.3 Å². The van der Waals surface area contributed by atoms with Crippen LogP contribution in [0.2, 0.25) is 0 Å². The van der Waals surface area contributed by atoms with Crippen molar-refractivity contribution in [2.45, 2.75) is 6.10 Å². The molecule has 0 aliphatic heterocycles. The van der Waals surface area contributed by atoms with Crippen molar-refractivity contribution in [1.82, 2.24) is 4.98 Å². The summed E-state index contributed by atoms with van der Waals surface area (Å²) in [7, 11) is 0. The molecule has 158 valence electrons. The summed E-state index contributed by atoms with van der Waals surface area (Å²) in [6.07, 6.45) is -1.26. The number of carboxylic acid groups (broad SMARTS) is 1. The fourth-order valence-electron chi connectivity index (χ4n) is 3.49. The molecule has 7 heteroatoms. The van der Waals surface area contributed by atoms with Crippen LogP contribution in [0, 0.1) is 0 Å². The highest BCUT2D eigenvalue weighted by Crippen LogP contribution is 2.40. The van der Waals surface area contributed by atoms with Gasteiger partial charge in [0, 0.05) is 16.5 Å². The van der Waals surface area contributed by atoms with E-state index in [2.05, 4.69) is 4.98 Å². The number of nitrogens with zero attached hydrogens (tertiary/aromatic N) is 1. The van der Waals surface area contributed by atoms with Gasteiger partial charge in [0.15, 0.2) is 0 Å². The number of ether oxygens (including phenoxy) is 1. The molecular formula is C25H18N2O4S. The Morgan fingerprint density at radius 1 is 1.03 bits per heavy atom. The SMILES string of the molecule is Nc1c(-c2cc3ccccc3o2)cc(-c2cccs2)nc1OC(C(=O)O)c1ccccc1. The lowest BCUT2D eigenvalue weighted by Gasteiger charge is -2.18. The first-order chi connectivity index (χ1) is 15.6. The molecule has 2 aromatic carbocycles. The quantitative estimate of drug-likeness (QED) is 0.334. The number of benzene rings is 2. The Morgan fingerprint density at radius 2 is 1.81 bits per heavy atom. The minimum absolute atomic E-state index is 0.0441. The fraction of sp³-hybridized carbons (Fsp3) is 0.0400. The van der Waals surface area contributed by atoms with Gasteiger partial charge in [-0.25, -0.2) is 9.78 Å². The maximum absolute atomic E-state index is 12.0. The van der Waals surface area contributed by atoms with Gasteiger partial charge in [0.1, 0.15) is 17.0 Å². The van der Waals surface area contributed by atoms with Crippen molar-refractivity contribution >= 4 is 34.0 Å². The van der Waals surface area contributed by atoms with Gasteiger partial charge in [-0.15, -0.1) is 11.3 Å². The van der Waals surface area contributed by atoms with E-state index in [0.29, 0.717) is 22.6 Å². The van der Waals surface area contributed by atoms with Crippen LogP contribution in [0.5, 0.6) is 5.88 Å². The number of furan rings is 1. The van der Waals surface area contributed by atoms with E-state index in [9.17, 15) is 9.90 Å². The molecule has 3 N–H and O–H groups in total. The minimum Gasteiger partial charge on any atom is -0.478 e. The van der Waals surface area contributed by atoms with Crippen molar-refractivity contribution in [3.63, 3.8) is 0 Å². The number of carbonyl (C=O) groups is 1. The van der Waals surface area contributed by atoms with E-state index in [1.807, 2.05) is 60.0 Å². The van der Waals surface area contributed by atoms with E-state index in [1.54, 1.807) is 24.3 Å². The van der Waals surface area contributed by atoms with Gasteiger partial charge in [-0.3, -0.25) is 0 Å². The zero-order valence-corrected chi connectivity index (χ0v) is 17.6. The molecule has 0 saturated heterocycles. The van der Waals surface area contributed by atoms with Crippen LogP contribution in [0.1, 0.15) is 11.7 Å². The van der Waals surface area contributed by atoms with Crippen molar-refractivity contribution in [2.75, 3.05) is 5.73 Å². The van der Waals surface area contributed by atoms with Gasteiger partial charge in [0.25, 0.3) is 0 Å². The highest BCUT2D eigenvalue weighted by Gasteiger charge is 2.26. The molecule has 1 unspecified atom stereocenters. The Hall–Kier alpha value is -4.10. The number of hydrogen-bond donors (Lipinski definition) is 2. The normalized spacial score (nSPS) is 12.0. The zero-order valence-electron chi connectivity index (χ0n) is 16.8. The second-order valence-corrected chi connectivity index (χ2v) is 8.09. The van der Waals surface area contributed by atoms with Crippen molar-refractivity contribution in [1.29, 1.82) is 0 Å². The Balaban J connectivity index is 1.65. The average Bonchev–Trinajstić information content (AvgIpc) is 3.49. The number of nitrogen functional groups attached to an aromatic ring is 1. The van der Waals surface area contributed by atoms with E-state index in [0.717, 1.165) is 15.8 Å². The third kappa shape index (κ3) is 3.70. The first-order valence-electron chi connectivity index (χ1n) is 9.88. The molecule has 0 bridgehead atoms. The molecule has 0 aliphatic carbocycles. The second kappa shape index (κ2) is 8.20. The van der Waals surface area contributed by atoms with Gasteiger partial charge in [0.05, 0.1) is 10.6 Å². The second-order valence-electron chi connectivity index (χ2n) is 7.15. The summed E-state index contributed by atoms with van der Waals surface area (Å²) in [5, 5.41) is 12.7. The number of fused-ring (bicyclic) bond motifs is 1. The van der Waals surface area contributed by atoms with Crippen LogP contribution in [-0.4, -0.2) is 16.1 Å². The number of aliphatic carboxylic acids is 1. The molecule has 0 fully saturated rings. The molecule has 32 heavy (non-hydrogen) atoms. The van der Waals surface area contributed by atoms with Gasteiger partial charge >= 0.3 is 5.97 Å². The fourth-order valence-corrected chi connectivity index (χ4v) is 4.18. The van der Waals surface area contributed by atoms with Crippen LogP contribution in [0.25, 0.3) is 32.9 Å². The minimum atomic E-state index is -1.26. The summed E-state index contributed by atoms with van der Waals surface area (Å²) in [5.74, 6) is -0.535. The van der Waals surface area contributed by atoms with Gasteiger partial charge in [-0.1, -0.05) is 54.6 Å². The van der Waals surface area contributed by atoms with Gasteiger partial charge in [-0.05, 0) is 29.6 Å². The van der Waals surface area contributed by atoms with E-state index >= 15 is 0 Å². The Morgan fingerprint density at radius 3 is 2.53 bits per heavy atom. The summed E-state index contributed by atoms with van der Waals surface area (Å²) in [6, 6.07) is 24.0. The molecular weight excluding hydrogens is 424 g/mol. The lowest BCUT2D eigenvalue weighted by atomic mass is 10.1. The number of para-hydroxylation sites is 1. The van der Waals surface area contributed by atoms with Crippen LogP contribution in [-0.2, 0) is 4.79 Å². The largest absolute Gasteiger partial charge is 0.478 e. The monoisotopic (exact) mass is 442 g/mol. The molecule has 3 heterocycles. The van der Waals surface area contributed by atoms with Crippen LogP contribution in [0.4, 0.5) is 5.69 Å². The van der Waals surface area contributed by atoms with Crippen LogP contribution < -0.4 is 10.5 Å². The third-order valence-corrected chi connectivity index (χ3v) is 5.94. The first kappa shape index (κ1) is 19.8. The topological polar surface area (TPSA) is 98.6 Å². The van der Waals surface area contributed by atoms with Crippen molar-refractivity contribution < 1.29 is 19.1 Å². The van der Waals surface area contributed by atoms with Gasteiger partial charge in [0.2, 0.25) is 12.0 Å². The molecule has 0 radical (unpaired) electrons. The molecule has 5 aromatic rings. The summed E-state index contributed by atoms with van der Waals surface area (Å²) >= 11 is 1.52. The smallest absolute Gasteiger partial charge is 0.349 e. The van der Waals surface area contributed by atoms with E-state index in [4.69, 9.17) is 14.9 Å². The predicted molar refractivity (Wildman–Crippen MR) is 125 cm³/mol. The average molecular weight is 442 g/mol. The number of carboxylic acids is 1. The summed E-state index contributed by atoms with van der Waals surface area (Å²) in [5.41, 5.74) is 9.10. The van der Waals surface area contributed by atoms with Crippen LogP contribution >= 0.6 is 11.3 Å².